The van der Waals surface area contributed by atoms with Crippen molar-refractivity contribution in [1.82, 2.24) is 0 Å². The molecule has 8 heteroatoms. The van der Waals surface area contributed by atoms with E-state index in [2.05, 4.69) is 25.7 Å². The second-order valence-electron chi connectivity index (χ2n) is 5.07. The van der Waals surface area contributed by atoms with Crippen LogP contribution in [0.5, 0.6) is 0 Å². The van der Waals surface area contributed by atoms with Gasteiger partial charge in [-0.05, 0) is 0 Å². The molecule has 0 aliphatic rings. The summed E-state index contributed by atoms with van der Waals surface area (Å²) < 4.78 is 26.5. The molecule has 113 valence electrons. The number of esters is 1. The quantitative estimate of drug-likeness (QED) is 0.209. The van der Waals surface area contributed by atoms with Crippen LogP contribution in [-0.2, 0) is 23.1 Å². The molecule has 0 aromatic heterocycles. The predicted octanol–water partition coefficient (Wildman–Crippen LogP) is 2.58. The molecule has 1 atom stereocenters. The van der Waals surface area contributed by atoms with Crippen LogP contribution in [0.15, 0.2) is 12.2 Å². The molecule has 19 heavy (non-hydrogen) atoms. The Morgan fingerprint density at radius 2 is 1.74 bits per heavy atom. The van der Waals surface area contributed by atoms with Gasteiger partial charge in [-0.3, -0.25) is 0 Å². The minimum absolute atomic E-state index is 0.114. The molecule has 0 aliphatic carbocycles. The summed E-state index contributed by atoms with van der Waals surface area (Å²) in [4.78, 5) is 27.0. The molecule has 0 spiro atoms. The maximum atomic E-state index is 11.5. The number of carbonyl (C=O) groups is 1. The van der Waals surface area contributed by atoms with E-state index in [1.54, 1.807) is 0 Å². The fourth-order valence-electron chi connectivity index (χ4n) is 0.878. The van der Waals surface area contributed by atoms with E-state index in [0.717, 1.165) is 4.37 Å². The zero-order valence-electron chi connectivity index (χ0n) is 11.9. The van der Waals surface area contributed by atoms with E-state index in [9.17, 15) is 14.3 Å². The summed E-state index contributed by atoms with van der Waals surface area (Å²) in [5.41, 5.74) is 0.265. The van der Waals surface area contributed by atoms with E-state index >= 15 is 0 Å². The Bertz CT molecular complexity index is 363. The summed E-state index contributed by atoms with van der Waals surface area (Å²) in [5, 5.41) is 0. The van der Waals surface area contributed by atoms with E-state index in [1.807, 2.05) is 0 Å². The number of phosphoric acid groups is 1. The van der Waals surface area contributed by atoms with Gasteiger partial charge in [0.25, 0.3) is 0 Å². The zero-order chi connectivity index (χ0) is 15.1. The van der Waals surface area contributed by atoms with Crippen LogP contribution in [0.25, 0.3) is 0 Å². The van der Waals surface area contributed by atoms with Crippen LogP contribution < -0.4 is 0 Å². The van der Waals surface area contributed by atoms with Gasteiger partial charge in [0.1, 0.15) is 0 Å². The van der Waals surface area contributed by atoms with Crippen molar-refractivity contribution in [2.24, 2.45) is 0 Å². The molecule has 0 aliphatic heterocycles. The molecular formula is C11H23O6PSb. The van der Waals surface area contributed by atoms with Crippen molar-refractivity contribution in [3.8, 4) is 0 Å². The first-order valence-corrected chi connectivity index (χ1v) is 16.7. The summed E-state index contributed by atoms with van der Waals surface area (Å²) >= 11 is -1.90. The van der Waals surface area contributed by atoms with Gasteiger partial charge in [-0.1, -0.05) is 0 Å². The minimum atomic E-state index is -4.04. The van der Waals surface area contributed by atoms with Gasteiger partial charge in [0.2, 0.25) is 0 Å². The molecule has 0 rings (SSSR count). The van der Waals surface area contributed by atoms with Gasteiger partial charge >= 0.3 is 119 Å². The van der Waals surface area contributed by atoms with Crippen molar-refractivity contribution < 1.29 is 28.0 Å². The number of phosphoric ester groups is 1. The van der Waals surface area contributed by atoms with Crippen LogP contribution in [0.2, 0.25) is 19.0 Å². The Hall–Kier alpha value is 0.138. The molecule has 0 saturated carbocycles. The third kappa shape index (κ3) is 11.6. The molecule has 0 heterocycles. The summed E-state index contributed by atoms with van der Waals surface area (Å²) in [6.45, 7) is 4.84. The van der Waals surface area contributed by atoms with Gasteiger partial charge in [-0.15, -0.1) is 0 Å². The number of ether oxygens (including phenoxy) is 1. The molecule has 0 amide bonds. The van der Waals surface area contributed by atoms with E-state index in [-0.39, 0.29) is 25.4 Å². The second kappa shape index (κ2) is 8.43. The van der Waals surface area contributed by atoms with E-state index in [1.165, 1.54) is 6.92 Å². The third-order valence-corrected chi connectivity index (χ3v) is 7.30. The monoisotopic (exact) mass is 403 g/mol. The number of hydrogen-bond acceptors (Lipinski definition) is 5. The van der Waals surface area contributed by atoms with Gasteiger partial charge in [0, 0.05) is 0 Å². The second-order valence-corrected chi connectivity index (χ2v) is 20.9. The Balaban J connectivity index is 3.82. The topological polar surface area (TPSA) is 82.1 Å². The van der Waals surface area contributed by atoms with E-state index < -0.39 is 32.6 Å². The van der Waals surface area contributed by atoms with Gasteiger partial charge in [-0.2, -0.15) is 0 Å². The van der Waals surface area contributed by atoms with Crippen LogP contribution >= 0.6 is 7.82 Å². The molecule has 1 radical (unpaired) electrons. The first kappa shape index (κ1) is 19.1. The molecule has 0 bridgehead atoms. The zero-order valence-corrected chi connectivity index (χ0v) is 15.4. The molecule has 0 saturated heterocycles. The Kier molecular flexibility index (Phi) is 8.49. The molecule has 1 N–H and O–H groups in total. The van der Waals surface area contributed by atoms with Crippen molar-refractivity contribution in [2.75, 3.05) is 19.8 Å². The van der Waals surface area contributed by atoms with E-state index in [0.29, 0.717) is 0 Å². The molecule has 0 aromatic rings. The number of rotatable bonds is 9. The maximum absolute atomic E-state index is 11.5. The Morgan fingerprint density at radius 1 is 1.21 bits per heavy atom. The van der Waals surface area contributed by atoms with Crippen molar-refractivity contribution in [3.05, 3.63) is 12.2 Å². The average Bonchev–Trinajstić information content (AvgIpc) is 2.21. The van der Waals surface area contributed by atoms with Crippen molar-refractivity contribution in [3.63, 3.8) is 0 Å². The summed E-state index contributed by atoms with van der Waals surface area (Å²) in [6.07, 6.45) is 0. The normalized spacial score (nSPS) is 14.8. The SMILES string of the molecule is C=C(C)C(=O)OCCOP(=O)(O)OC[CH2][Sb]([CH3])([CH3])[CH3]. The molecular weight excluding hydrogens is 381 g/mol. The van der Waals surface area contributed by atoms with Gasteiger partial charge in [-0.25, -0.2) is 0 Å². The van der Waals surface area contributed by atoms with Gasteiger partial charge in [0.05, 0.1) is 0 Å². The van der Waals surface area contributed by atoms with E-state index in [4.69, 9.17) is 9.26 Å². The first-order chi connectivity index (χ1) is 8.53. The van der Waals surface area contributed by atoms with Gasteiger partial charge in [0.15, 0.2) is 0 Å². The van der Waals surface area contributed by atoms with Crippen LogP contribution in [0.4, 0.5) is 0 Å². The van der Waals surface area contributed by atoms with Crippen molar-refractivity contribution >= 4 is 32.6 Å². The van der Waals surface area contributed by atoms with Crippen LogP contribution in [0.3, 0.4) is 0 Å². The van der Waals surface area contributed by atoms with Gasteiger partial charge < -0.3 is 0 Å². The Labute approximate surface area is 118 Å². The average molecular weight is 404 g/mol. The summed E-state index contributed by atoms with van der Waals surface area (Å²) in [6, 6.07) is 0. The fraction of sp³-hybridized carbons (Fsp3) is 0.727. The predicted molar refractivity (Wildman–Crippen MR) is 75.7 cm³/mol. The summed E-state index contributed by atoms with van der Waals surface area (Å²) in [5.74, 6) is -0.557. The van der Waals surface area contributed by atoms with Crippen LogP contribution in [0.1, 0.15) is 6.92 Å². The molecule has 1 unspecified atom stereocenters. The van der Waals surface area contributed by atoms with Crippen molar-refractivity contribution in [2.45, 2.75) is 25.9 Å². The molecule has 0 fully saturated rings. The standard InChI is InChI=1S/C8H14O6P.3CH3.Sb/c1-4-13-15(10,11)14-6-5-12-8(9)7(2)3;;;;/h1-2,4-6H2,3H3,(H,10,11);3*1H3;. The molecule has 0 aromatic carbocycles. The van der Waals surface area contributed by atoms with Crippen molar-refractivity contribution in [1.29, 1.82) is 0 Å². The fourth-order valence-corrected chi connectivity index (χ4v) is 3.83. The van der Waals surface area contributed by atoms with Crippen LogP contribution in [0, 0.1) is 0 Å². The summed E-state index contributed by atoms with van der Waals surface area (Å²) in [7, 11) is -4.04. The Morgan fingerprint density at radius 3 is 2.21 bits per heavy atom. The van der Waals surface area contributed by atoms with Crippen LogP contribution in [-0.4, -0.2) is 49.5 Å². The number of carbonyl (C=O) groups excluding carboxylic acids is 1. The first-order valence-electron chi connectivity index (χ1n) is 5.78. The molecule has 6 nitrogen and oxygen atoms in total. The number of hydrogen-bond donors (Lipinski definition) is 1. The third-order valence-electron chi connectivity index (χ3n) is 1.94.